The molecular formula is C19H21ClN2OS. The number of nitrogens with two attached hydrogens (primary N) is 1. The number of likely N-dealkylation sites (tertiary alicyclic amines) is 1. The van der Waals surface area contributed by atoms with Crippen LogP contribution in [-0.2, 0) is 5.75 Å². The average Bonchev–Trinajstić information content (AvgIpc) is 2.61. The van der Waals surface area contributed by atoms with E-state index in [1.807, 2.05) is 53.4 Å². The van der Waals surface area contributed by atoms with Crippen molar-refractivity contribution in [2.45, 2.75) is 29.5 Å². The summed E-state index contributed by atoms with van der Waals surface area (Å²) in [6.07, 6.45) is 1.99. The number of nitrogens with zero attached hydrogens (tertiary/aromatic N) is 1. The number of hydrogen-bond acceptors (Lipinski definition) is 3. The summed E-state index contributed by atoms with van der Waals surface area (Å²) in [7, 11) is 0. The first kappa shape index (κ1) is 17.3. The van der Waals surface area contributed by atoms with E-state index >= 15 is 0 Å². The van der Waals surface area contributed by atoms with Gasteiger partial charge in [0.25, 0.3) is 5.91 Å². The summed E-state index contributed by atoms with van der Waals surface area (Å²) >= 11 is 7.65. The van der Waals surface area contributed by atoms with Crippen LogP contribution < -0.4 is 5.73 Å². The maximum Gasteiger partial charge on any atom is 0.253 e. The molecule has 1 atom stereocenters. The monoisotopic (exact) mass is 360 g/mol. The van der Waals surface area contributed by atoms with Crippen molar-refractivity contribution in [3.63, 3.8) is 0 Å². The van der Waals surface area contributed by atoms with Gasteiger partial charge in [-0.1, -0.05) is 23.7 Å². The molecule has 126 valence electrons. The smallest absolute Gasteiger partial charge is 0.253 e. The van der Waals surface area contributed by atoms with Gasteiger partial charge in [0.05, 0.1) is 0 Å². The number of piperidine rings is 1. The Kier molecular flexibility index (Phi) is 5.82. The van der Waals surface area contributed by atoms with E-state index in [4.69, 9.17) is 17.3 Å². The number of thioether (sulfide) groups is 1. The molecule has 3 rings (SSSR count). The van der Waals surface area contributed by atoms with Gasteiger partial charge in [0.2, 0.25) is 0 Å². The third kappa shape index (κ3) is 4.53. The number of rotatable bonds is 4. The lowest BCUT2D eigenvalue weighted by molar-refractivity contribution is 0.0709. The zero-order valence-corrected chi connectivity index (χ0v) is 15.0. The number of amides is 1. The van der Waals surface area contributed by atoms with E-state index in [9.17, 15) is 4.79 Å². The van der Waals surface area contributed by atoms with Gasteiger partial charge in [0, 0.05) is 40.4 Å². The topological polar surface area (TPSA) is 46.3 Å². The molecule has 2 aromatic carbocycles. The largest absolute Gasteiger partial charge is 0.337 e. The minimum atomic E-state index is 0.0852. The van der Waals surface area contributed by atoms with Gasteiger partial charge in [-0.25, -0.2) is 0 Å². The van der Waals surface area contributed by atoms with Crippen LogP contribution in [0.15, 0.2) is 53.4 Å². The predicted octanol–water partition coefficient (Wildman–Crippen LogP) is 4.20. The van der Waals surface area contributed by atoms with E-state index < -0.39 is 0 Å². The Morgan fingerprint density at radius 3 is 2.54 bits per heavy atom. The first-order valence-corrected chi connectivity index (χ1v) is 9.50. The molecule has 0 bridgehead atoms. The zero-order chi connectivity index (χ0) is 16.9. The maximum atomic E-state index is 12.5. The Balaban J connectivity index is 1.58. The van der Waals surface area contributed by atoms with Crippen molar-refractivity contribution in [2.24, 2.45) is 5.73 Å². The van der Waals surface area contributed by atoms with Crippen LogP contribution in [0, 0.1) is 0 Å². The van der Waals surface area contributed by atoms with E-state index in [-0.39, 0.29) is 11.9 Å². The summed E-state index contributed by atoms with van der Waals surface area (Å²) in [5, 5.41) is 0.750. The highest BCUT2D eigenvalue weighted by molar-refractivity contribution is 7.98. The molecule has 2 aromatic rings. The highest BCUT2D eigenvalue weighted by Crippen LogP contribution is 2.24. The Hall–Kier alpha value is -1.49. The van der Waals surface area contributed by atoms with Crippen LogP contribution in [0.3, 0.4) is 0 Å². The van der Waals surface area contributed by atoms with E-state index in [1.54, 1.807) is 11.8 Å². The lowest BCUT2D eigenvalue weighted by Gasteiger charge is -2.30. The molecule has 5 heteroatoms. The van der Waals surface area contributed by atoms with Gasteiger partial charge < -0.3 is 10.6 Å². The lowest BCUT2D eigenvalue weighted by atomic mass is 10.0. The summed E-state index contributed by atoms with van der Waals surface area (Å²) < 4.78 is 0. The van der Waals surface area contributed by atoms with Gasteiger partial charge in [-0.15, -0.1) is 11.8 Å². The summed E-state index contributed by atoms with van der Waals surface area (Å²) in [6, 6.07) is 15.8. The number of halogens is 1. The molecule has 1 amide bonds. The van der Waals surface area contributed by atoms with Crippen molar-refractivity contribution in [3.05, 3.63) is 64.7 Å². The fraction of sp³-hybridized carbons (Fsp3) is 0.316. The van der Waals surface area contributed by atoms with Crippen LogP contribution in [0.25, 0.3) is 0 Å². The fourth-order valence-electron chi connectivity index (χ4n) is 2.82. The number of benzene rings is 2. The molecule has 1 aliphatic heterocycles. The second-order valence-corrected chi connectivity index (χ2v) is 7.58. The molecule has 1 fully saturated rings. The molecule has 1 unspecified atom stereocenters. The van der Waals surface area contributed by atoms with Gasteiger partial charge in [-0.3, -0.25) is 4.79 Å². The minimum Gasteiger partial charge on any atom is -0.337 e. The van der Waals surface area contributed by atoms with Crippen molar-refractivity contribution in [2.75, 3.05) is 13.1 Å². The first-order chi connectivity index (χ1) is 11.6. The molecule has 1 saturated heterocycles. The Morgan fingerprint density at radius 1 is 1.17 bits per heavy atom. The van der Waals surface area contributed by atoms with Crippen LogP contribution >= 0.6 is 23.4 Å². The third-order valence-electron chi connectivity index (χ3n) is 4.17. The molecule has 0 spiro atoms. The SMILES string of the molecule is NC1CCCN(C(=O)c2ccc(CSc3ccc(Cl)cc3)cc2)C1. The predicted molar refractivity (Wildman–Crippen MR) is 101 cm³/mol. The van der Waals surface area contributed by atoms with E-state index in [1.165, 1.54) is 10.5 Å². The van der Waals surface area contributed by atoms with Crippen LogP contribution in [0.1, 0.15) is 28.8 Å². The van der Waals surface area contributed by atoms with Crippen molar-refractivity contribution >= 4 is 29.3 Å². The standard InChI is InChI=1S/C19H21ClN2OS/c20-16-7-9-18(10-8-16)24-13-14-3-5-15(6-4-14)19(23)22-11-1-2-17(21)12-22/h3-10,17H,1-2,11-13,21H2. The Labute approximate surface area is 152 Å². The molecule has 0 saturated carbocycles. The molecule has 1 aliphatic rings. The minimum absolute atomic E-state index is 0.0852. The van der Waals surface area contributed by atoms with Gasteiger partial charge in [-0.05, 0) is 54.8 Å². The molecule has 0 aliphatic carbocycles. The maximum absolute atomic E-state index is 12.5. The first-order valence-electron chi connectivity index (χ1n) is 8.14. The summed E-state index contributed by atoms with van der Waals surface area (Å²) in [4.78, 5) is 15.6. The summed E-state index contributed by atoms with van der Waals surface area (Å²) in [6.45, 7) is 1.47. The summed E-state index contributed by atoms with van der Waals surface area (Å²) in [5.41, 5.74) is 7.90. The Bertz CT molecular complexity index is 688. The van der Waals surface area contributed by atoms with Crippen LogP contribution in [0.4, 0.5) is 0 Å². The number of carbonyl (C=O) groups is 1. The normalized spacial score (nSPS) is 17.8. The second-order valence-electron chi connectivity index (χ2n) is 6.09. The molecule has 0 aromatic heterocycles. The van der Waals surface area contributed by atoms with Crippen LogP contribution in [0.5, 0.6) is 0 Å². The Morgan fingerprint density at radius 2 is 1.88 bits per heavy atom. The van der Waals surface area contributed by atoms with Gasteiger partial charge in [-0.2, -0.15) is 0 Å². The van der Waals surface area contributed by atoms with E-state index in [0.717, 1.165) is 35.7 Å². The zero-order valence-electron chi connectivity index (χ0n) is 13.5. The van der Waals surface area contributed by atoms with Crippen LogP contribution in [-0.4, -0.2) is 29.9 Å². The van der Waals surface area contributed by atoms with Gasteiger partial charge >= 0.3 is 0 Å². The van der Waals surface area contributed by atoms with Crippen LogP contribution in [0.2, 0.25) is 5.02 Å². The quantitative estimate of drug-likeness (QED) is 0.831. The third-order valence-corrected chi connectivity index (χ3v) is 5.50. The molecule has 2 N–H and O–H groups in total. The van der Waals surface area contributed by atoms with Gasteiger partial charge in [0.15, 0.2) is 0 Å². The van der Waals surface area contributed by atoms with Crippen molar-refractivity contribution in [3.8, 4) is 0 Å². The van der Waals surface area contributed by atoms with E-state index in [2.05, 4.69) is 0 Å². The molecule has 24 heavy (non-hydrogen) atoms. The molecular weight excluding hydrogens is 340 g/mol. The fourth-order valence-corrected chi connectivity index (χ4v) is 3.80. The molecule has 3 nitrogen and oxygen atoms in total. The number of hydrogen-bond donors (Lipinski definition) is 1. The average molecular weight is 361 g/mol. The van der Waals surface area contributed by atoms with E-state index in [0.29, 0.717) is 6.54 Å². The van der Waals surface area contributed by atoms with Crippen molar-refractivity contribution in [1.29, 1.82) is 0 Å². The lowest BCUT2D eigenvalue weighted by Crippen LogP contribution is -2.45. The molecule has 0 radical (unpaired) electrons. The number of carbonyl (C=O) groups excluding carboxylic acids is 1. The van der Waals surface area contributed by atoms with Gasteiger partial charge in [0.1, 0.15) is 0 Å². The summed E-state index contributed by atoms with van der Waals surface area (Å²) in [5.74, 6) is 0.951. The highest BCUT2D eigenvalue weighted by atomic mass is 35.5. The molecule has 1 heterocycles. The highest BCUT2D eigenvalue weighted by Gasteiger charge is 2.22. The second kappa shape index (κ2) is 8.06. The van der Waals surface area contributed by atoms with Crippen molar-refractivity contribution < 1.29 is 4.79 Å². The van der Waals surface area contributed by atoms with Crippen molar-refractivity contribution in [1.82, 2.24) is 4.90 Å².